The van der Waals surface area contributed by atoms with Crippen molar-refractivity contribution in [2.75, 3.05) is 17.3 Å². The molecule has 6 nitrogen and oxygen atoms in total. The first-order valence-corrected chi connectivity index (χ1v) is 9.80. The third-order valence-corrected chi connectivity index (χ3v) is 5.11. The van der Waals surface area contributed by atoms with Crippen molar-refractivity contribution in [3.63, 3.8) is 0 Å². The van der Waals surface area contributed by atoms with E-state index in [2.05, 4.69) is 10.3 Å². The van der Waals surface area contributed by atoms with Crippen LogP contribution >= 0.6 is 0 Å². The fraction of sp³-hybridized carbons (Fsp3) is 0.217. The van der Waals surface area contributed by atoms with Gasteiger partial charge in [-0.15, -0.1) is 0 Å². The van der Waals surface area contributed by atoms with E-state index in [0.717, 1.165) is 17.7 Å². The van der Waals surface area contributed by atoms with Gasteiger partial charge in [-0.25, -0.2) is 4.79 Å². The quantitative estimate of drug-likeness (QED) is 0.585. The molecule has 1 atom stereocenters. The molecule has 4 rings (SSSR count). The Morgan fingerprint density at radius 3 is 2.50 bits per heavy atom. The predicted molar refractivity (Wildman–Crippen MR) is 112 cm³/mol. The van der Waals surface area contributed by atoms with Crippen LogP contribution in [0.4, 0.5) is 29.3 Å². The van der Waals surface area contributed by atoms with Crippen molar-refractivity contribution in [1.29, 1.82) is 0 Å². The third kappa shape index (κ3) is 4.67. The fourth-order valence-electron chi connectivity index (χ4n) is 3.46. The zero-order chi connectivity index (χ0) is 22.7. The molecule has 0 unspecified atom stereocenters. The molecule has 2 aromatic carbocycles. The largest absolute Gasteiger partial charge is 0.489 e. The van der Waals surface area contributed by atoms with E-state index in [4.69, 9.17) is 9.47 Å². The number of hydrogen-bond donors (Lipinski definition) is 1. The molecule has 0 saturated heterocycles. The van der Waals surface area contributed by atoms with Gasteiger partial charge >= 0.3 is 12.2 Å². The Bertz CT molecular complexity index is 1090. The monoisotopic (exact) mass is 443 g/mol. The van der Waals surface area contributed by atoms with E-state index in [1.54, 1.807) is 36.7 Å². The SMILES string of the molecule is CO[C@H]1Cc2ccc(C(F)(F)F)cc2N1C(=O)Nc1ccc(OCc2ccncc2)cc1. The third-order valence-electron chi connectivity index (χ3n) is 5.11. The summed E-state index contributed by atoms with van der Waals surface area (Å²) in [7, 11) is 1.41. The summed E-state index contributed by atoms with van der Waals surface area (Å²) in [5.41, 5.74) is 1.42. The molecule has 0 aliphatic carbocycles. The molecule has 9 heteroatoms. The average Bonchev–Trinajstić information content (AvgIpc) is 3.17. The van der Waals surface area contributed by atoms with Crippen molar-refractivity contribution in [1.82, 2.24) is 4.98 Å². The second-order valence-electron chi connectivity index (χ2n) is 7.20. The maximum absolute atomic E-state index is 13.2. The zero-order valence-electron chi connectivity index (χ0n) is 17.1. The minimum Gasteiger partial charge on any atom is -0.489 e. The second-order valence-corrected chi connectivity index (χ2v) is 7.20. The first kappa shape index (κ1) is 21.6. The number of benzene rings is 2. The number of urea groups is 1. The number of rotatable bonds is 5. The van der Waals surface area contributed by atoms with Crippen LogP contribution in [0.25, 0.3) is 0 Å². The van der Waals surface area contributed by atoms with Gasteiger partial charge in [0.15, 0.2) is 0 Å². The summed E-state index contributed by atoms with van der Waals surface area (Å²) in [5.74, 6) is 0.607. The molecule has 0 spiro atoms. The molecular weight excluding hydrogens is 423 g/mol. The van der Waals surface area contributed by atoms with Gasteiger partial charge in [-0.2, -0.15) is 13.2 Å². The van der Waals surface area contributed by atoms with E-state index < -0.39 is 24.0 Å². The molecular formula is C23H20F3N3O3. The van der Waals surface area contributed by atoms with Crippen LogP contribution in [0.3, 0.4) is 0 Å². The number of alkyl halides is 3. The van der Waals surface area contributed by atoms with Crippen molar-refractivity contribution < 1.29 is 27.4 Å². The van der Waals surface area contributed by atoms with Gasteiger partial charge < -0.3 is 14.8 Å². The van der Waals surface area contributed by atoms with Crippen LogP contribution in [0, 0.1) is 0 Å². The minimum atomic E-state index is -4.51. The standard InChI is InChI=1S/C23H20F3N3O3/c1-31-21-12-16-2-3-17(23(24,25)26)13-20(16)29(21)22(30)28-18-4-6-19(7-5-18)32-14-15-8-10-27-11-9-15/h2-11,13,21H,12,14H2,1H3,(H,28,30)/t21-/m0/s1. The number of carbonyl (C=O) groups is 1. The van der Waals surface area contributed by atoms with Crippen LogP contribution in [0.5, 0.6) is 5.75 Å². The molecule has 0 fully saturated rings. The zero-order valence-corrected chi connectivity index (χ0v) is 17.1. The highest BCUT2D eigenvalue weighted by Crippen LogP contribution is 2.38. The van der Waals surface area contributed by atoms with Crippen LogP contribution in [0.15, 0.2) is 67.0 Å². The molecule has 0 saturated carbocycles. The van der Waals surface area contributed by atoms with E-state index in [1.165, 1.54) is 18.1 Å². The molecule has 166 valence electrons. The molecule has 0 radical (unpaired) electrons. The lowest BCUT2D eigenvalue weighted by molar-refractivity contribution is -0.137. The lowest BCUT2D eigenvalue weighted by Crippen LogP contribution is -2.41. The predicted octanol–water partition coefficient (Wildman–Crippen LogP) is 5.25. The number of anilines is 2. The van der Waals surface area contributed by atoms with Crippen molar-refractivity contribution in [2.24, 2.45) is 0 Å². The number of nitrogens with one attached hydrogen (secondary N) is 1. The van der Waals surface area contributed by atoms with E-state index >= 15 is 0 Å². The highest BCUT2D eigenvalue weighted by atomic mass is 19.4. The number of methoxy groups -OCH3 is 1. The summed E-state index contributed by atoms with van der Waals surface area (Å²) in [4.78, 5) is 18.1. The van der Waals surface area contributed by atoms with Crippen LogP contribution in [-0.2, 0) is 23.9 Å². The molecule has 1 N–H and O–H groups in total. The number of halogens is 3. The Morgan fingerprint density at radius 1 is 1.12 bits per heavy atom. The molecule has 1 aromatic heterocycles. The van der Waals surface area contributed by atoms with E-state index in [1.807, 2.05) is 12.1 Å². The molecule has 2 heterocycles. The van der Waals surface area contributed by atoms with Crippen LogP contribution in [0.2, 0.25) is 0 Å². The number of nitrogens with zero attached hydrogens (tertiary/aromatic N) is 2. The summed E-state index contributed by atoms with van der Waals surface area (Å²) < 4.78 is 50.5. The molecule has 1 aliphatic rings. The number of carbonyl (C=O) groups excluding carboxylic acids is 1. The Labute approximate surface area is 182 Å². The molecule has 1 aliphatic heterocycles. The van der Waals surface area contributed by atoms with Gasteiger partial charge in [-0.3, -0.25) is 9.88 Å². The van der Waals surface area contributed by atoms with Crippen molar-refractivity contribution in [3.8, 4) is 5.75 Å². The summed E-state index contributed by atoms with van der Waals surface area (Å²) in [6.07, 6.45) is -1.54. The van der Waals surface area contributed by atoms with Crippen molar-refractivity contribution in [3.05, 3.63) is 83.7 Å². The summed E-state index contributed by atoms with van der Waals surface area (Å²) in [5, 5.41) is 2.71. The molecule has 0 bridgehead atoms. The molecule has 2 amide bonds. The number of ether oxygens (including phenoxy) is 2. The van der Waals surface area contributed by atoms with Crippen LogP contribution in [-0.4, -0.2) is 24.4 Å². The average molecular weight is 443 g/mol. The number of fused-ring (bicyclic) bond motifs is 1. The summed E-state index contributed by atoms with van der Waals surface area (Å²) >= 11 is 0. The highest BCUT2D eigenvalue weighted by Gasteiger charge is 2.38. The Balaban J connectivity index is 1.46. The van der Waals surface area contributed by atoms with Gasteiger partial charge in [-0.1, -0.05) is 6.07 Å². The van der Waals surface area contributed by atoms with Gasteiger partial charge in [0.1, 0.15) is 18.6 Å². The fourth-order valence-corrected chi connectivity index (χ4v) is 3.46. The van der Waals surface area contributed by atoms with Gasteiger partial charge in [0, 0.05) is 31.6 Å². The smallest absolute Gasteiger partial charge is 0.416 e. The van der Waals surface area contributed by atoms with Crippen molar-refractivity contribution in [2.45, 2.75) is 25.4 Å². The van der Waals surface area contributed by atoms with Gasteiger partial charge in [0.25, 0.3) is 0 Å². The Hall–Kier alpha value is -3.59. The number of amides is 2. The Morgan fingerprint density at radius 2 is 1.84 bits per heavy atom. The lowest BCUT2D eigenvalue weighted by atomic mass is 10.1. The van der Waals surface area contributed by atoms with Crippen LogP contribution < -0.4 is 15.0 Å². The summed E-state index contributed by atoms with van der Waals surface area (Å²) in [6, 6.07) is 13.2. The van der Waals surface area contributed by atoms with E-state index in [-0.39, 0.29) is 5.69 Å². The topological polar surface area (TPSA) is 63.7 Å². The first-order valence-electron chi connectivity index (χ1n) is 9.80. The van der Waals surface area contributed by atoms with E-state index in [9.17, 15) is 18.0 Å². The second kappa shape index (κ2) is 8.88. The maximum atomic E-state index is 13.2. The maximum Gasteiger partial charge on any atom is 0.416 e. The molecule has 3 aromatic rings. The number of pyridine rings is 1. The summed E-state index contributed by atoms with van der Waals surface area (Å²) in [6.45, 7) is 0.371. The van der Waals surface area contributed by atoms with Crippen LogP contribution in [0.1, 0.15) is 16.7 Å². The van der Waals surface area contributed by atoms with Gasteiger partial charge in [0.05, 0.1) is 11.3 Å². The Kier molecular flexibility index (Phi) is 6.00. The van der Waals surface area contributed by atoms with Crippen molar-refractivity contribution >= 4 is 17.4 Å². The number of hydrogen-bond acceptors (Lipinski definition) is 4. The first-order chi connectivity index (χ1) is 15.3. The lowest BCUT2D eigenvalue weighted by Gasteiger charge is -2.25. The normalized spacial score (nSPS) is 15.4. The highest BCUT2D eigenvalue weighted by molar-refractivity contribution is 6.03. The van der Waals surface area contributed by atoms with Gasteiger partial charge in [-0.05, 0) is 59.7 Å². The number of aromatic nitrogens is 1. The minimum absolute atomic E-state index is 0.182. The van der Waals surface area contributed by atoms with Gasteiger partial charge in [0.2, 0.25) is 0 Å². The molecule has 32 heavy (non-hydrogen) atoms. The van der Waals surface area contributed by atoms with E-state index in [0.29, 0.717) is 30.0 Å².